The molecule has 124 valence electrons. The smallest absolute Gasteiger partial charge is 0.416 e. The van der Waals surface area contributed by atoms with Crippen molar-refractivity contribution in [3.8, 4) is 5.75 Å². The minimum absolute atomic E-state index is 0.0194. The quantitative estimate of drug-likeness (QED) is 0.585. The number of ether oxygens (including phenoxy) is 1. The summed E-state index contributed by atoms with van der Waals surface area (Å²) < 4.78 is 77.9. The summed E-state index contributed by atoms with van der Waals surface area (Å²) in [6, 6.07) is 7.67. The van der Waals surface area contributed by atoms with Crippen LogP contribution in [0.5, 0.6) is 5.75 Å². The zero-order valence-electron chi connectivity index (χ0n) is 11.3. The Hall–Kier alpha value is -1.80. The van der Waals surface area contributed by atoms with Gasteiger partial charge in [0, 0.05) is 5.56 Å². The van der Waals surface area contributed by atoms with Gasteiger partial charge in [0.1, 0.15) is 17.3 Å². The molecule has 2 aromatic rings. The highest BCUT2D eigenvalue weighted by Crippen LogP contribution is 2.35. The van der Waals surface area contributed by atoms with Crippen LogP contribution in [0.4, 0.5) is 17.1 Å². The SMILES string of the molecule is O=S(=O)(F)c1ccccc1COc1ccc(C(F)(F)F)cc1Cl. The number of hydrogen-bond donors (Lipinski definition) is 0. The third-order valence-corrected chi connectivity index (χ3v) is 4.10. The van der Waals surface area contributed by atoms with Crippen LogP contribution in [0.3, 0.4) is 0 Å². The number of hydrogen-bond acceptors (Lipinski definition) is 3. The van der Waals surface area contributed by atoms with Crippen molar-refractivity contribution in [3.63, 3.8) is 0 Å². The van der Waals surface area contributed by atoms with Crippen LogP contribution in [-0.2, 0) is 23.0 Å². The maximum Gasteiger partial charge on any atom is 0.416 e. The Morgan fingerprint density at radius 1 is 1.09 bits per heavy atom. The lowest BCUT2D eigenvalue weighted by atomic mass is 10.2. The van der Waals surface area contributed by atoms with Crippen molar-refractivity contribution in [2.24, 2.45) is 0 Å². The van der Waals surface area contributed by atoms with E-state index in [4.69, 9.17) is 16.3 Å². The average Bonchev–Trinajstić information content (AvgIpc) is 2.44. The zero-order valence-corrected chi connectivity index (χ0v) is 12.8. The van der Waals surface area contributed by atoms with Crippen molar-refractivity contribution >= 4 is 21.8 Å². The molecule has 0 N–H and O–H groups in total. The standard InChI is InChI=1S/C14H9ClF4O3S/c15-11-7-10(14(16,17)18)5-6-12(11)22-8-9-3-1-2-4-13(9)23(19,20)21/h1-7H,8H2. The second-order valence-electron chi connectivity index (χ2n) is 4.48. The van der Waals surface area contributed by atoms with E-state index in [1.54, 1.807) is 0 Å². The largest absolute Gasteiger partial charge is 0.487 e. The van der Waals surface area contributed by atoms with Gasteiger partial charge in [-0.25, -0.2) is 0 Å². The van der Waals surface area contributed by atoms with E-state index in [0.29, 0.717) is 6.07 Å². The molecule has 0 amide bonds. The van der Waals surface area contributed by atoms with E-state index in [0.717, 1.165) is 18.2 Å². The van der Waals surface area contributed by atoms with Crippen molar-refractivity contribution in [2.45, 2.75) is 17.7 Å². The van der Waals surface area contributed by atoms with Crippen LogP contribution in [0.15, 0.2) is 47.4 Å². The summed E-state index contributed by atoms with van der Waals surface area (Å²) in [6.45, 7) is -0.371. The lowest BCUT2D eigenvalue weighted by Gasteiger charge is -2.12. The molecule has 0 saturated carbocycles. The van der Waals surface area contributed by atoms with Gasteiger partial charge in [-0.1, -0.05) is 29.8 Å². The Kier molecular flexibility index (Phi) is 4.86. The highest BCUT2D eigenvalue weighted by atomic mass is 35.5. The fraction of sp³-hybridized carbons (Fsp3) is 0.143. The molecular formula is C14H9ClF4O3S. The Bertz CT molecular complexity index is 819. The van der Waals surface area contributed by atoms with Crippen molar-refractivity contribution in [3.05, 3.63) is 58.6 Å². The first kappa shape index (κ1) is 17.6. The molecule has 0 aliphatic carbocycles. The van der Waals surface area contributed by atoms with Gasteiger partial charge in [0.25, 0.3) is 0 Å². The van der Waals surface area contributed by atoms with Gasteiger partial charge in [0.05, 0.1) is 10.6 Å². The summed E-state index contributed by atoms with van der Waals surface area (Å²) >= 11 is 5.71. The molecule has 0 heterocycles. The van der Waals surface area contributed by atoms with Gasteiger partial charge < -0.3 is 4.74 Å². The van der Waals surface area contributed by atoms with Gasteiger partial charge in [-0.2, -0.15) is 21.6 Å². The van der Waals surface area contributed by atoms with Gasteiger partial charge in [0.15, 0.2) is 0 Å². The molecule has 23 heavy (non-hydrogen) atoms. The average molecular weight is 369 g/mol. The lowest BCUT2D eigenvalue weighted by molar-refractivity contribution is -0.137. The third kappa shape index (κ3) is 4.35. The van der Waals surface area contributed by atoms with Crippen LogP contribution in [0.2, 0.25) is 5.02 Å². The Labute approximate surface area is 134 Å². The molecular weight excluding hydrogens is 360 g/mol. The topological polar surface area (TPSA) is 43.4 Å². The molecule has 0 aromatic heterocycles. The predicted octanol–water partition coefficient (Wildman–Crippen LogP) is 4.60. The van der Waals surface area contributed by atoms with Gasteiger partial charge in [-0.3, -0.25) is 0 Å². The fourth-order valence-corrected chi connectivity index (χ4v) is 2.73. The molecule has 0 atom stereocenters. The van der Waals surface area contributed by atoms with E-state index in [-0.39, 0.29) is 22.9 Å². The molecule has 0 saturated heterocycles. The van der Waals surface area contributed by atoms with Crippen molar-refractivity contribution < 1.29 is 30.2 Å². The van der Waals surface area contributed by atoms with Crippen molar-refractivity contribution in [1.29, 1.82) is 0 Å². The van der Waals surface area contributed by atoms with Crippen LogP contribution < -0.4 is 4.74 Å². The van der Waals surface area contributed by atoms with Gasteiger partial charge >= 0.3 is 16.4 Å². The molecule has 0 aliphatic heterocycles. The van der Waals surface area contributed by atoms with E-state index >= 15 is 0 Å². The maximum atomic E-state index is 13.1. The minimum atomic E-state index is -4.94. The highest BCUT2D eigenvalue weighted by Gasteiger charge is 2.31. The zero-order chi connectivity index (χ0) is 17.3. The Morgan fingerprint density at radius 3 is 2.30 bits per heavy atom. The number of benzene rings is 2. The number of alkyl halides is 3. The van der Waals surface area contributed by atoms with Gasteiger partial charge in [-0.15, -0.1) is 3.89 Å². The molecule has 9 heteroatoms. The molecule has 0 fully saturated rings. The predicted molar refractivity (Wildman–Crippen MR) is 75.5 cm³/mol. The van der Waals surface area contributed by atoms with Crippen LogP contribution in [0, 0.1) is 0 Å². The molecule has 3 nitrogen and oxygen atoms in total. The van der Waals surface area contributed by atoms with E-state index in [9.17, 15) is 25.5 Å². The second-order valence-corrected chi connectivity index (χ2v) is 6.20. The first-order valence-electron chi connectivity index (χ1n) is 6.11. The van der Waals surface area contributed by atoms with E-state index < -0.39 is 26.9 Å². The summed E-state index contributed by atoms with van der Waals surface area (Å²) in [5.74, 6) is -0.0780. The lowest BCUT2D eigenvalue weighted by Crippen LogP contribution is -2.06. The summed E-state index contributed by atoms with van der Waals surface area (Å²) in [7, 11) is -4.94. The monoisotopic (exact) mass is 368 g/mol. The third-order valence-electron chi connectivity index (χ3n) is 2.88. The first-order valence-corrected chi connectivity index (χ1v) is 7.87. The summed E-state index contributed by atoms with van der Waals surface area (Å²) in [4.78, 5) is -0.567. The molecule has 0 radical (unpaired) electrons. The first-order chi connectivity index (χ1) is 10.6. The highest BCUT2D eigenvalue weighted by molar-refractivity contribution is 7.86. The normalized spacial score (nSPS) is 12.2. The van der Waals surface area contributed by atoms with Crippen molar-refractivity contribution in [1.82, 2.24) is 0 Å². The number of halogens is 5. The second kappa shape index (κ2) is 6.37. The molecule has 2 rings (SSSR count). The Morgan fingerprint density at radius 2 is 1.74 bits per heavy atom. The van der Waals surface area contributed by atoms with Crippen LogP contribution in [0.1, 0.15) is 11.1 Å². The summed E-state index contributed by atoms with van der Waals surface area (Å²) in [6.07, 6.45) is -4.54. The van der Waals surface area contributed by atoms with Gasteiger partial charge in [0.2, 0.25) is 0 Å². The molecule has 0 spiro atoms. The van der Waals surface area contributed by atoms with E-state index in [1.807, 2.05) is 0 Å². The molecule has 0 aliphatic rings. The van der Waals surface area contributed by atoms with Gasteiger partial charge in [-0.05, 0) is 24.3 Å². The van der Waals surface area contributed by atoms with E-state index in [2.05, 4.69) is 0 Å². The Balaban J connectivity index is 2.23. The molecule has 0 bridgehead atoms. The molecule has 0 unspecified atom stereocenters. The number of rotatable bonds is 4. The fourth-order valence-electron chi connectivity index (χ4n) is 1.81. The van der Waals surface area contributed by atoms with Crippen LogP contribution in [0.25, 0.3) is 0 Å². The van der Waals surface area contributed by atoms with Crippen molar-refractivity contribution in [2.75, 3.05) is 0 Å². The summed E-state index contributed by atoms with van der Waals surface area (Å²) in [5, 5.41) is -0.291. The van der Waals surface area contributed by atoms with Crippen LogP contribution >= 0.6 is 11.6 Å². The molecule has 2 aromatic carbocycles. The van der Waals surface area contributed by atoms with Crippen LogP contribution in [-0.4, -0.2) is 8.42 Å². The van der Waals surface area contributed by atoms with E-state index in [1.165, 1.54) is 18.2 Å². The minimum Gasteiger partial charge on any atom is -0.487 e. The summed E-state index contributed by atoms with van der Waals surface area (Å²) in [5.41, 5.74) is -0.924. The maximum absolute atomic E-state index is 13.1.